The first-order valence-electron chi connectivity index (χ1n) is 10.6. The van der Waals surface area contributed by atoms with Crippen LogP contribution in [-0.4, -0.2) is 68.7 Å². The molecule has 1 fully saturated rings. The van der Waals surface area contributed by atoms with Crippen LogP contribution < -0.4 is 0 Å². The van der Waals surface area contributed by atoms with Crippen molar-refractivity contribution in [2.45, 2.75) is 18.1 Å². The van der Waals surface area contributed by atoms with Gasteiger partial charge in [0.25, 0.3) is 11.1 Å². The average Bonchev–Trinajstić information content (AvgIpc) is 3.61. The molecule has 0 saturated carbocycles. The van der Waals surface area contributed by atoms with Crippen LogP contribution in [0.2, 0.25) is 0 Å². The fourth-order valence-electron chi connectivity index (χ4n) is 3.57. The predicted octanol–water partition coefficient (Wildman–Crippen LogP) is 3.13. The molecule has 3 aromatic heterocycles. The number of hydrogen-bond donors (Lipinski definition) is 0. The van der Waals surface area contributed by atoms with E-state index in [0.29, 0.717) is 49.5 Å². The van der Waals surface area contributed by atoms with Crippen molar-refractivity contribution < 1.29 is 18.4 Å². The molecule has 0 spiro atoms. The van der Waals surface area contributed by atoms with Gasteiger partial charge in [-0.25, -0.2) is 4.98 Å². The zero-order valence-electron chi connectivity index (χ0n) is 17.7. The smallest absolute Gasteiger partial charge is 0.289 e. The minimum Gasteiger partial charge on any atom is -0.459 e. The minimum atomic E-state index is -0.147. The number of aromatic nitrogens is 3. The van der Waals surface area contributed by atoms with Crippen molar-refractivity contribution in [3.63, 3.8) is 0 Å². The minimum absolute atomic E-state index is 0.0145. The molecule has 1 aromatic carbocycles. The molecule has 0 unspecified atom stereocenters. The Morgan fingerprint density at radius 3 is 2.61 bits per heavy atom. The maximum absolute atomic E-state index is 12.6. The van der Waals surface area contributed by atoms with E-state index >= 15 is 0 Å². The van der Waals surface area contributed by atoms with E-state index in [4.69, 9.17) is 8.83 Å². The predicted molar refractivity (Wildman–Crippen MR) is 123 cm³/mol. The number of thiazole rings is 1. The summed E-state index contributed by atoms with van der Waals surface area (Å²) in [6.07, 6.45) is 2.81. The molecule has 0 N–H and O–H groups in total. The molecule has 0 bridgehead atoms. The highest BCUT2D eigenvalue weighted by Gasteiger charge is 2.26. The molecule has 0 radical (unpaired) electrons. The molecule has 4 heterocycles. The maximum Gasteiger partial charge on any atom is 0.289 e. The van der Waals surface area contributed by atoms with Crippen LogP contribution in [0.1, 0.15) is 21.5 Å². The molecule has 5 rings (SSSR count). The maximum atomic E-state index is 12.6. The highest BCUT2D eigenvalue weighted by atomic mass is 32.2. The third-order valence-corrected chi connectivity index (χ3v) is 7.21. The van der Waals surface area contributed by atoms with Crippen LogP contribution >= 0.6 is 23.1 Å². The number of carbonyl (C=O) groups excluding carboxylic acids is 2. The molecule has 4 aromatic rings. The lowest BCUT2D eigenvalue weighted by molar-refractivity contribution is -0.129. The summed E-state index contributed by atoms with van der Waals surface area (Å²) in [4.78, 5) is 33.0. The molecule has 170 valence electrons. The van der Waals surface area contributed by atoms with Gasteiger partial charge in [0.2, 0.25) is 11.8 Å². The second kappa shape index (κ2) is 9.75. The van der Waals surface area contributed by atoms with Gasteiger partial charge in [0, 0.05) is 39.0 Å². The SMILES string of the molecule is O=C(CSc1nnc(CCc2nc3ccccc3s2)o1)N1CCN(C(=O)c2ccco2)CC1. The van der Waals surface area contributed by atoms with E-state index < -0.39 is 0 Å². The number of aryl methyl sites for hydroxylation is 2. The van der Waals surface area contributed by atoms with Gasteiger partial charge in [0.1, 0.15) is 0 Å². The summed E-state index contributed by atoms with van der Waals surface area (Å²) in [7, 11) is 0. The monoisotopic (exact) mass is 483 g/mol. The fraction of sp³-hybridized carbons (Fsp3) is 0.318. The molecule has 0 atom stereocenters. The standard InChI is InChI=1S/C22H21N5O4S2/c28-20(26-9-11-27(12-10-26)21(29)16-5-3-13-30-16)14-32-22-25-24-18(31-22)7-8-19-23-15-4-1-2-6-17(15)33-19/h1-6,13H,7-12,14H2. The van der Waals surface area contributed by atoms with E-state index in [1.54, 1.807) is 33.3 Å². The Labute approximate surface area is 197 Å². The molecule has 2 amide bonds. The zero-order chi connectivity index (χ0) is 22.6. The normalized spacial score (nSPS) is 14.2. The molecule has 9 nitrogen and oxygen atoms in total. The third kappa shape index (κ3) is 5.09. The van der Waals surface area contributed by atoms with Crippen molar-refractivity contribution in [1.82, 2.24) is 25.0 Å². The van der Waals surface area contributed by atoms with Gasteiger partial charge in [0.05, 0.1) is 27.2 Å². The van der Waals surface area contributed by atoms with Crippen molar-refractivity contribution in [3.8, 4) is 0 Å². The second-order valence-corrected chi connectivity index (χ2v) is 9.52. The van der Waals surface area contributed by atoms with Gasteiger partial charge in [-0.2, -0.15) is 0 Å². The summed E-state index contributed by atoms with van der Waals surface area (Å²) in [6.45, 7) is 1.94. The van der Waals surface area contributed by atoms with Gasteiger partial charge in [0.15, 0.2) is 5.76 Å². The topological polar surface area (TPSA) is 106 Å². The molecule has 11 heteroatoms. The van der Waals surface area contributed by atoms with Gasteiger partial charge in [-0.05, 0) is 24.3 Å². The lowest BCUT2D eigenvalue weighted by atomic mass is 10.3. The van der Waals surface area contributed by atoms with Crippen LogP contribution in [0.5, 0.6) is 0 Å². The first-order chi connectivity index (χ1) is 16.2. The number of amides is 2. The molecule has 1 aliphatic heterocycles. The molecule has 1 aliphatic rings. The number of piperazine rings is 1. The molecular formula is C22H21N5O4S2. The molecular weight excluding hydrogens is 462 g/mol. The van der Waals surface area contributed by atoms with Crippen LogP contribution in [0.25, 0.3) is 10.2 Å². The number of fused-ring (bicyclic) bond motifs is 1. The third-order valence-electron chi connectivity index (χ3n) is 5.31. The van der Waals surface area contributed by atoms with E-state index in [1.165, 1.54) is 22.7 Å². The average molecular weight is 484 g/mol. The van der Waals surface area contributed by atoms with Crippen LogP contribution in [0.4, 0.5) is 0 Å². The number of para-hydroxylation sites is 1. The van der Waals surface area contributed by atoms with Gasteiger partial charge < -0.3 is 18.6 Å². The number of rotatable bonds is 7. The quantitative estimate of drug-likeness (QED) is 0.369. The number of thioether (sulfide) groups is 1. The van der Waals surface area contributed by atoms with Crippen LogP contribution in [-0.2, 0) is 17.6 Å². The van der Waals surface area contributed by atoms with Crippen molar-refractivity contribution >= 4 is 45.1 Å². The Bertz CT molecular complexity index is 1210. The van der Waals surface area contributed by atoms with Crippen LogP contribution in [0.3, 0.4) is 0 Å². The summed E-state index contributed by atoms with van der Waals surface area (Å²) in [5.74, 6) is 0.908. The van der Waals surface area contributed by atoms with Crippen molar-refractivity contribution in [2.75, 3.05) is 31.9 Å². The van der Waals surface area contributed by atoms with Gasteiger partial charge in [-0.15, -0.1) is 21.5 Å². The van der Waals surface area contributed by atoms with E-state index in [9.17, 15) is 9.59 Å². The fourth-order valence-corrected chi connectivity index (χ4v) is 5.22. The molecule has 33 heavy (non-hydrogen) atoms. The Morgan fingerprint density at radius 2 is 1.82 bits per heavy atom. The lowest BCUT2D eigenvalue weighted by Gasteiger charge is -2.34. The van der Waals surface area contributed by atoms with Crippen molar-refractivity contribution in [2.24, 2.45) is 0 Å². The summed E-state index contributed by atoms with van der Waals surface area (Å²) in [5, 5.41) is 9.55. The van der Waals surface area contributed by atoms with E-state index in [-0.39, 0.29) is 17.6 Å². The summed E-state index contributed by atoms with van der Waals surface area (Å²) in [5.41, 5.74) is 1.00. The molecule has 0 aliphatic carbocycles. The largest absolute Gasteiger partial charge is 0.459 e. The van der Waals surface area contributed by atoms with E-state index in [1.807, 2.05) is 18.2 Å². The Balaban J connectivity index is 1.07. The van der Waals surface area contributed by atoms with Gasteiger partial charge in [-0.3, -0.25) is 9.59 Å². The first kappa shape index (κ1) is 21.7. The highest BCUT2D eigenvalue weighted by molar-refractivity contribution is 7.99. The summed E-state index contributed by atoms with van der Waals surface area (Å²) >= 11 is 2.90. The van der Waals surface area contributed by atoms with Crippen LogP contribution in [0, 0.1) is 0 Å². The number of hydrogen-bond acceptors (Lipinski definition) is 9. The number of benzene rings is 1. The Kier molecular flexibility index (Phi) is 6.40. The molecule has 1 saturated heterocycles. The van der Waals surface area contributed by atoms with Gasteiger partial charge >= 0.3 is 0 Å². The summed E-state index contributed by atoms with van der Waals surface area (Å²) < 4.78 is 12.0. The Morgan fingerprint density at radius 1 is 1.00 bits per heavy atom. The number of furan rings is 1. The Hall–Kier alpha value is -3.18. The highest BCUT2D eigenvalue weighted by Crippen LogP contribution is 2.23. The lowest BCUT2D eigenvalue weighted by Crippen LogP contribution is -2.51. The van der Waals surface area contributed by atoms with Gasteiger partial charge in [-0.1, -0.05) is 23.9 Å². The van der Waals surface area contributed by atoms with E-state index in [0.717, 1.165) is 16.9 Å². The number of carbonyl (C=O) groups is 2. The van der Waals surface area contributed by atoms with Crippen molar-refractivity contribution in [3.05, 3.63) is 59.3 Å². The van der Waals surface area contributed by atoms with Crippen molar-refractivity contribution in [1.29, 1.82) is 0 Å². The zero-order valence-corrected chi connectivity index (χ0v) is 19.3. The number of nitrogens with zero attached hydrogens (tertiary/aromatic N) is 5. The summed E-state index contributed by atoms with van der Waals surface area (Å²) in [6, 6.07) is 11.4. The first-order valence-corrected chi connectivity index (χ1v) is 12.4. The van der Waals surface area contributed by atoms with E-state index in [2.05, 4.69) is 21.2 Å². The van der Waals surface area contributed by atoms with Crippen LogP contribution in [0.15, 0.2) is 56.7 Å². The second-order valence-electron chi connectivity index (χ2n) is 7.48.